The molecule has 1 aromatic carbocycles. The Labute approximate surface area is 95.0 Å². The number of aliphatic hydroxyl groups excluding tert-OH is 1. The summed E-state index contributed by atoms with van der Waals surface area (Å²) >= 11 is 0. The van der Waals surface area contributed by atoms with Crippen molar-refractivity contribution in [2.45, 2.75) is 31.8 Å². The number of rotatable bonds is 0. The summed E-state index contributed by atoms with van der Waals surface area (Å²) in [6.45, 7) is 3.40. The highest BCUT2D eigenvalue weighted by atomic mass is 16.6. The van der Waals surface area contributed by atoms with Gasteiger partial charge < -0.3 is 14.6 Å². The van der Waals surface area contributed by atoms with Crippen LogP contribution >= 0.6 is 0 Å². The van der Waals surface area contributed by atoms with Crippen molar-refractivity contribution in [2.75, 3.05) is 13.2 Å². The smallest absolute Gasteiger partial charge is 0.161 e. The lowest BCUT2D eigenvalue weighted by Crippen LogP contribution is -2.18. The number of benzene rings is 1. The molecule has 2 atom stereocenters. The average molecular weight is 220 g/mol. The Kier molecular flexibility index (Phi) is 2.28. The zero-order chi connectivity index (χ0) is 11.1. The second-order valence-corrected chi connectivity index (χ2v) is 4.62. The van der Waals surface area contributed by atoms with Crippen molar-refractivity contribution < 1.29 is 14.6 Å². The zero-order valence-electron chi connectivity index (χ0n) is 9.40. The first-order chi connectivity index (χ1) is 7.75. The van der Waals surface area contributed by atoms with Gasteiger partial charge in [-0.2, -0.15) is 0 Å². The molecule has 0 amide bonds. The molecule has 1 aromatic rings. The molecule has 0 saturated heterocycles. The molecule has 1 aliphatic heterocycles. The molecule has 0 fully saturated rings. The Hall–Kier alpha value is -1.22. The summed E-state index contributed by atoms with van der Waals surface area (Å²) < 4.78 is 11.1. The first-order valence-corrected chi connectivity index (χ1v) is 5.87. The SMILES string of the molecule is CC1CC[C@@H](O)c2cc3c(cc21)OCCO3. The summed E-state index contributed by atoms with van der Waals surface area (Å²) in [5, 5.41) is 9.98. The van der Waals surface area contributed by atoms with E-state index in [2.05, 4.69) is 6.92 Å². The molecule has 0 saturated carbocycles. The Balaban J connectivity index is 2.11. The Morgan fingerprint density at radius 1 is 1.06 bits per heavy atom. The summed E-state index contributed by atoms with van der Waals surface area (Å²) in [7, 11) is 0. The van der Waals surface area contributed by atoms with Gasteiger partial charge in [0.25, 0.3) is 0 Å². The summed E-state index contributed by atoms with van der Waals surface area (Å²) in [6.07, 6.45) is 1.53. The maximum absolute atomic E-state index is 9.98. The van der Waals surface area contributed by atoms with Gasteiger partial charge in [-0.25, -0.2) is 0 Å². The second kappa shape index (κ2) is 3.67. The summed E-state index contributed by atoms with van der Waals surface area (Å²) in [4.78, 5) is 0. The predicted molar refractivity (Wildman–Crippen MR) is 60.0 cm³/mol. The van der Waals surface area contributed by atoms with Crippen LogP contribution in [0.3, 0.4) is 0 Å². The molecule has 3 rings (SSSR count). The average Bonchev–Trinajstić information content (AvgIpc) is 2.32. The normalized spacial score (nSPS) is 27.4. The van der Waals surface area contributed by atoms with E-state index in [4.69, 9.17) is 9.47 Å². The molecule has 16 heavy (non-hydrogen) atoms. The van der Waals surface area contributed by atoms with Crippen molar-refractivity contribution >= 4 is 0 Å². The van der Waals surface area contributed by atoms with E-state index in [9.17, 15) is 5.11 Å². The highest BCUT2D eigenvalue weighted by Crippen LogP contribution is 2.43. The summed E-state index contributed by atoms with van der Waals surface area (Å²) in [5.74, 6) is 2.10. The minimum Gasteiger partial charge on any atom is -0.486 e. The molecule has 2 aliphatic rings. The van der Waals surface area contributed by atoms with E-state index in [1.165, 1.54) is 5.56 Å². The molecular weight excluding hydrogens is 204 g/mol. The highest BCUT2D eigenvalue weighted by molar-refractivity contribution is 5.50. The van der Waals surface area contributed by atoms with Crippen molar-refractivity contribution in [3.8, 4) is 11.5 Å². The largest absolute Gasteiger partial charge is 0.486 e. The topological polar surface area (TPSA) is 38.7 Å². The van der Waals surface area contributed by atoms with Crippen molar-refractivity contribution in [1.29, 1.82) is 0 Å². The Morgan fingerprint density at radius 2 is 1.69 bits per heavy atom. The molecule has 0 spiro atoms. The lowest BCUT2D eigenvalue weighted by atomic mass is 9.82. The van der Waals surface area contributed by atoms with Gasteiger partial charge in [0.1, 0.15) is 13.2 Å². The Morgan fingerprint density at radius 3 is 2.38 bits per heavy atom. The fraction of sp³-hybridized carbons (Fsp3) is 0.538. The number of hydrogen-bond acceptors (Lipinski definition) is 3. The van der Waals surface area contributed by atoms with E-state index in [0.29, 0.717) is 19.1 Å². The van der Waals surface area contributed by atoms with Gasteiger partial charge in [-0.1, -0.05) is 6.92 Å². The van der Waals surface area contributed by atoms with Crippen molar-refractivity contribution in [2.24, 2.45) is 0 Å². The van der Waals surface area contributed by atoms with Crippen molar-refractivity contribution in [3.63, 3.8) is 0 Å². The monoisotopic (exact) mass is 220 g/mol. The zero-order valence-corrected chi connectivity index (χ0v) is 9.40. The van der Waals surface area contributed by atoms with Gasteiger partial charge in [-0.15, -0.1) is 0 Å². The van der Waals surface area contributed by atoms with E-state index in [0.717, 1.165) is 29.9 Å². The second-order valence-electron chi connectivity index (χ2n) is 4.62. The first kappa shape index (κ1) is 9.97. The van der Waals surface area contributed by atoms with Crippen molar-refractivity contribution in [3.05, 3.63) is 23.3 Å². The van der Waals surface area contributed by atoms with Crippen LogP contribution in [0.1, 0.15) is 42.9 Å². The van der Waals surface area contributed by atoms with Gasteiger partial charge in [0, 0.05) is 0 Å². The third kappa shape index (κ3) is 1.47. The molecule has 3 nitrogen and oxygen atoms in total. The van der Waals surface area contributed by atoms with Crippen LogP contribution in [-0.2, 0) is 0 Å². The fourth-order valence-electron chi connectivity index (χ4n) is 2.55. The number of aliphatic hydroxyl groups is 1. The molecule has 0 bridgehead atoms. The van der Waals surface area contributed by atoms with Gasteiger partial charge in [0.2, 0.25) is 0 Å². The van der Waals surface area contributed by atoms with Crippen LogP contribution in [0.5, 0.6) is 11.5 Å². The molecule has 86 valence electrons. The molecule has 1 aliphatic carbocycles. The lowest BCUT2D eigenvalue weighted by Gasteiger charge is -2.29. The maximum atomic E-state index is 9.98. The van der Waals surface area contributed by atoms with Crippen LogP contribution in [-0.4, -0.2) is 18.3 Å². The van der Waals surface area contributed by atoms with E-state index in [-0.39, 0.29) is 6.10 Å². The molecule has 1 unspecified atom stereocenters. The van der Waals surface area contributed by atoms with Gasteiger partial charge in [0.05, 0.1) is 6.10 Å². The molecule has 0 aromatic heterocycles. The fourth-order valence-corrected chi connectivity index (χ4v) is 2.55. The van der Waals surface area contributed by atoms with Gasteiger partial charge >= 0.3 is 0 Å². The minimum atomic E-state index is -0.345. The molecule has 0 radical (unpaired) electrons. The van der Waals surface area contributed by atoms with Crippen LogP contribution in [0.4, 0.5) is 0 Å². The van der Waals surface area contributed by atoms with Crippen LogP contribution in [0.25, 0.3) is 0 Å². The van der Waals surface area contributed by atoms with Gasteiger partial charge in [-0.05, 0) is 42.0 Å². The maximum Gasteiger partial charge on any atom is 0.161 e. The third-order valence-electron chi connectivity index (χ3n) is 3.51. The van der Waals surface area contributed by atoms with Gasteiger partial charge in [-0.3, -0.25) is 0 Å². The van der Waals surface area contributed by atoms with E-state index < -0.39 is 0 Å². The molecule has 1 N–H and O–H groups in total. The van der Waals surface area contributed by atoms with E-state index in [1.54, 1.807) is 0 Å². The summed E-state index contributed by atoms with van der Waals surface area (Å²) in [5.41, 5.74) is 2.23. The Bertz CT molecular complexity index is 375. The van der Waals surface area contributed by atoms with Crippen LogP contribution in [0.2, 0.25) is 0 Å². The number of hydrogen-bond donors (Lipinski definition) is 1. The lowest BCUT2D eigenvalue weighted by molar-refractivity contribution is 0.146. The van der Waals surface area contributed by atoms with E-state index >= 15 is 0 Å². The standard InChI is InChI=1S/C13H16O3/c1-8-2-3-11(14)10-7-13-12(6-9(8)10)15-4-5-16-13/h6-8,11,14H,2-5H2,1H3/t8?,11-/m1/s1. The van der Waals surface area contributed by atoms with Crippen LogP contribution in [0.15, 0.2) is 12.1 Å². The van der Waals surface area contributed by atoms with Crippen molar-refractivity contribution in [1.82, 2.24) is 0 Å². The highest BCUT2D eigenvalue weighted by Gasteiger charge is 2.26. The van der Waals surface area contributed by atoms with E-state index in [1.807, 2.05) is 12.1 Å². The molecular formula is C13H16O3. The van der Waals surface area contributed by atoms with Crippen LogP contribution in [0, 0.1) is 0 Å². The summed E-state index contributed by atoms with van der Waals surface area (Å²) in [6, 6.07) is 3.99. The number of fused-ring (bicyclic) bond motifs is 2. The quantitative estimate of drug-likeness (QED) is 0.729. The molecule has 1 heterocycles. The first-order valence-electron chi connectivity index (χ1n) is 5.87. The van der Waals surface area contributed by atoms with Crippen LogP contribution < -0.4 is 9.47 Å². The molecule has 3 heteroatoms. The van der Waals surface area contributed by atoms with Gasteiger partial charge in [0.15, 0.2) is 11.5 Å². The predicted octanol–water partition coefficient (Wildman–Crippen LogP) is 2.39. The number of ether oxygens (including phenoxy) is 2. The minimum absolute atomic E-state index is 0.345. The third-order valence-corrected chi connectivity index (χ3v) is 3.51.